The summed E-state index contributed by atoms with van der Waals surface area (Å²) in [5.74, 6) is 0.656. The Kier molecular flexibility index (Phi) is 6.51. The first-order valence-electron chi connectivity index (χ1n) is 8.79. The molecule has 2 unspecified atom stereocenters. The number of piperidine rings is 1. The minimum atomic E-state index is -3.62. The third-order valence-electron chi connectivity index (χ3n) is 4.67. The molecule has 0 bridgehead atoms. The smallest absolute Gasteiger partial charge is 0.255 e. The van der Waals surface area contributed by atoms with Crippen LogP contribution in [0.4, 0.5) is 0 Å². The van der Waals surface area contributed by atoms with Crippen molar-refractivity contribution in [3.8, 4) is 0 Å². The van der Waals surface area contributed by atoms with E-state index in [9.17, 15) is 13.2 Å². The van der Waals surface area contributed by atoms with Crippen LogP contribution in [0.1, 0.15) is 44.5 Å². The molecule has 1 fully saturated rings. The molecule has 2 rings (SSSR count). The van der Waals surface area contributed by atoms with Gasteiger partial charge in [0.05, 0.1) is 15.5 Å². The monoisotopic (exact) mass is 386 g/mol. The molecule has 0 saturated carbocycles. The molecule has 25 heavy (non-hydrogen) atoms. The Bertz CT molecular complexity index is 722. The number of amides is 1. The van der Waals surface area contributed by atoms with Crippen LogP contribution in [0.2, 0.25) is 5.02 Å². The highest BCUT2D eigenvalue weighted by atomic mass is 35.5. The number of carbonyl (C=O) groups excluding carboxylic acids is 1. The van der Waals surface area contributed by atoms with E-state index < -0.39 is 10.0 Å². The second kappa shape index (κ2) is 8.06. The van der Waals surface area contributed by atoms with E-state index in [0.717, 1.165) is 6.42 Å². The Hall–Kier alpha value is -1.11. The van der Waals surface area contributed by atoms with Crippen molar-refractivity contribution < 1.29 is 13.2 Å². The average Bonchev–Trinajstić information content (AvgIpc) is 2.54. The molecule has 7 heteroatoms. The first-order chi connectivity index (χ1) is 11.7. The molecule has 0 radical (unpaired) electrons. The highest BCUT2D eigenvalue weighted by molar-refractivity contribution is 7.89. The maximum atomic E-state index is 12.9. The van der Waals surface area contributed by atoms with Crippen molar-refractivity contribution >= 4 is 27.5 Å². The van der Waals surface area contributed by atoms with Crippen molar-refractivity contribution in [2.45, 2.75) is 39.0 Å². The van der Waals surface area contributed by atoms with E-state index in [1.807, 2.05) is 0 Å². The van der Waals surface area contributed by atoms with Gasteiger partial charge in [0.2, 0.25) is 10.0 Å². The van der Waals surface area contributed by atoms with E-state index in [1.54, 1.807) is 18.7 Å². The van der Waals surface area contributed by atoms with Crippen LogP contribution in [0, 0.1) is 11.8 Å². The van der Waals surface area contributed by atoms with Gasteiger partial charge in [0.15, 0.2) is 0 Å². The lowest BCUT2D eigenvalue weighted by Gasteiger charge is -2.35. The zero-order valence-corrected chi connectivity index (χ0v) is 16.9. The normalized spacial score (nSPS) is 21.6. The Morgan fingerprint density at radius 3 is 2.28 bits per heavy atom. The van der Waals surface area contributed by atoms with Gasteiger partial charge in [0.1, 0.15) is 0 Å². The summed E-state index contributed by atoms with van der Waals surface area (Å²) in [4.78, 5) is 14.8. The molecule has 5 nitrogen and oxygen atoms in total. The first-order valence-corrected chi connectivity index (χ1v) is 10.6. The molecule has 2 atom stereocenters. The maximum absolute atomic E-state index is 12.9. The van der Waals surface area contributed by atoms with Crippen molar-refractivity contribution in [2.24, 2.45) is 11.8 Å². The summed E-state index contributed by atoms with van der Waals surface area (Å²) in [7, 11) is -3.62. The van der Waals surface area contributed by atoms with Crippen LogP contribution in [0.5, 0.6) is 0 Å². The first kappa shape index (κ1) is 20.2. The maximum Gasteiger partial charge on any atom is 0.255 e. The van der Waals surface area contributed by atoms with Gasteiger partial charge in [-0.1, -0.05) is 39.3 Å². The number of hydrogen-bond acceptors (Lipinski definition) is 3. The number of nitrogens with zero attached hydrogens (tertiary/aromatic N) is 2. The summed E-state index contributed by atoms with van der Waals surface area (Å²) in [6.45, 7) is 9.94. The van der Waals surface area contributed by atoms with Gasteiger partial charge in [0.25, 0.3) is 5.91 Å². The van der Waals surface area contributed by atoms with Crippen molar-refractivity contribution in [1.82, 2.24) is 9.21 Å². The fourth-order valence-electron chi connectivity index (χ4n) is 3.54. The van der Waals surface area contributed by atoms with E-state index in [2.05, 4.69) is 13.8 Å². The van der Waals surface area contributed by atoms with E-state index in [1.165, 1.54) is 22.5 Å². The van der Waals surface area contributed by atoms with Crippen LogP contribution in [0.25, 0.3) is 0 Å². The third-order valence-corrected chi connectivity index (χ3v) is 7.04. The minimum absolute atomic E-state index is 0.113. The number of hydrogen-bond donors (Lipinski definition) is 0. The highest BCUT2D eigenvalue weighted by Crippen LogP contribution is 2.27. The number of benzene rings is 1. The average molecular weight is 387 g/mol. The van der Waals surface area contributed by atoms with E-state index in [-0.39, 0.29) is 21.4 Å². The fraction of sp³-hybridized carbons (Fsp3) is 0.611. The quantitative estimate of drug-likeness (QED) is 0.778. The second-order valence-corrected chi connectivity index (χ2v) is 9.23. The Morgan fingerprint density at radius 2 is 1.76 bits per heavy atom. The van der Waals surface area contributed by atoms with E-state index in [4.69, 9.17) is 11.6 Å². The topological polar surface area (TPSA) is 57.7 Å². The highest BCUT2D eigenvalue weighted by Gasteiger charge is 2.29. The molecular formula is C18H27ClN2O3S. The van der Waals surface area contributed by atoms with Crippen LogP contribution in [-0.4, -0.2) is 49.7 Å². The summed E-state index contributed by atoms with van der Waals surface area (Å²) in [6, 6.07) is 4.39. The molecule has 1 aromatic rings. The molecule has 0 spiro atoms. The van der Waals surface area contributed by atoms with Crippen molar-refractivity contribution in [3.05, 3.63) is 28.8 Å². The van der Waals surface area contributed by atoms with Gasteiger partial charge in [-0.05, 0) is 36.5 Å². The number of likely N-dealkylation sites (tertiary alicyclic amines) is 1. The van der Waals surface area contributed by atoms with Crippen LogP contribution in [-0.2, 0) is 10.0 Å². The summed E-state index contributed by atoms with van der Waals surface area (Å²) >= 11 is 6.22. The van der Waals surface area contributed by atoms with Gasteiger partial charge in [-0.3, -0.25) is 4.79 Å². The molecule has 0 N–H and O–H groups in total. The molecule has 1 saturated heterocycles. The molecule has 1 heterocycles. The molecule has 1 aliphatic heterocycles. The van der Waals surface area contributed by atoms with Gasteiger partial charge in [0, 0.05) is 26.2 Å². The molecule has 0 aliphatic carbocycles. The Labute approximate surface area is 156 Å². The van der Waals surface area contributed by atoms with E-state index in [0.29, 0.717) is 38.0 Å². The van der Waals surface area contributed by atoms with Gasteiger partial charge in [-0.25, -0.2) is 8.42 Å². The van der Waals surface area contributed by atoms with E-state index >= 15 is 0 Å². The third kappa shape index (κ3) is 4.36. The lowest BCUT2D eigenvalue weighted by molar-refractivity contribution is 0.0623. The Balaban J connectivity index is 2.38. The fourth-order valence-corrected chi connectivity index (χ4v) is 5.22. The lowest BCUT2D eigenvalue weighted by Crippen LogP contribution is -2.42. The van der Waals surface area contributed by atoms with Gasteiger partial charge >= 0.3 is 0 Å². The summed E-state index contributed by atoms with van der Waals surface area (Å²) in [5.41, 5.74) is 0.260. The zero-order valence-electron chi connectivity index (χ0n) is 15.3. The zero-order chi connectivity index (χ0) is 18.8. The summed E-state index contributed by atoms with van der Waals surface area (Å²) in [5, 5.41) is 0.286. The van der Waals surface area contributed by atoms with Gasteiger partial charge < -0.3 is 4.90 Å². The number of halogens is 1. The van der Waals surface area contributed by atoms with Crippen molar-refractivity contribution in [3.63, 3.8) is 0 Å². The van der Waals surface area contributed by atoms with Crippen LogP contribution in [0.3, 0.4) is 0 Å². The number of carbonyl (C=O) groups is 1. The standard InChI is InChI=1S/C18H27ClN2O3S/c1-5-21(6-2)25(23,24)15-7-8-17(19)16(10-15)18(22)20-11-13(3)9-14(4)12-20/h7-8,10,13-14H,5-6,9,11-12H2,1-4H3. The molecule has 0 aromatic heterocycles. The van der Waals surface area contributed by atoms with Crippen LogP contribution in [0.15, 0.2) is 23.1 Å². The SMILES string of the molecule is CCN(CC)S(=O)(=O)c1ccc(Cl)c(C(=O)N2CC(C)CC(C)C2)c1. The largest absolute Gasteiger partial charge is 0.338 e. The van der Waals surface area contributed by atoms with Crippen molar-refractivity contribution in [2.75, 3.05) is 26.2 Å². The summed E-state index contributed by atoms with van der Waals surface area (Å²) < 4.78 is 26.8. The molecule has 1 aliphatic rings. The predicted molar refractivity (Wildman–Crippen MR) is 100 cm³/mol. The number of sulfonamides is 1. The molecule has 1 aromatic carbocycles. The lowest BCUT2D eigenvalue weighted by atomic mass is 9.91. The molecular weight excluding hydrogens is 360 g/mol. The van der Waals surface area contributed by atoms with Gasteiger partial charge in [-0.2, -0.15) is 4.31 Å². The molecule has 1 amide bonds. The predicted octanol–water partition coefficient (Wildman–Crippen LogP) is 3.49. The second-order valence-electron chi connectivity index (χ2n) is 6.89. The van der Waals surface area contributed by atoms with Gasteiger partial charge in [-0.15, -0.1) is 0 Å². The van der Waals surface area contributed by atoms with Crippen LogP contribution >= 0.6 is 11.6 Å². The number of rotatable bonds is 5. The molecule has 140 valence electrons. The Morgan fingerprint density at radius 1 is 1.20 bits per heavy atom. The van der Waals surface area contributed by atoms with Crippen LogP contribution < -0.4 is 0 Å². The minimum Gasteiger partial charge on any atom is -0.338 e. The van der Waals surface area contributed by atoms with Crippen molar-refractivity contribution in [1.29, 1.82) is 0 Å². The summed E-state index contributed by atoms with van der Waals surface area (Å²) in [6.07, 6.45) is 1.09.